The molecule has 0 saturated carbocycles. The largest absolute Gasteiger partial charge is 0.502 e. The van der Waals surface area contributed by atoms with Crippen molar-refractivity contribution in [2.45, 2.75) is 6.18 Å². The van der Waals surface area contributed by atoms with Crippen molar-refractivity contribution >= 4 is 17.6 Å². The lowest BCUT2D eigenvalue weighted by Crippen LogP contribution is -2.05. The van der Waals surface area contributed by atoms with Crippen molar-refractivity contribution in [1.29, 1.82) is 0 Å². The Morgan fingerprint density at radius 1 is 1.22 bits per heavy atom. The van der Waals surface area contributed by atoms with Crippen LogP contribution >= 0.6 is 0 Å². The van der Waals surface area contributed by atoms with Gasteiger partial charge in [-0.3, -0.25) is 15.5 Å². The van der Waals surface area contributed by atoms with Crippen LogP contribution in [0.4, 0.5) is 24.5 Å². The van der Waals surface area contributed by atoms with Crippen molar-refractivity contribution in [3.63, 3.8) is 0 Å². The van der Waals surface area contributed by atoms with E-state index >= 15 is 0 Å². The van der Waals surface area contributed by atoms with E-state index in [0.29, 0.717) is 0 Å². The molecule has 0 spiro atoms. The first kappa shape index (κ1) is 16.3. The quantitative estimate of drug-likeness (QED) is 0.509. The van der Waals surface area contributed by atoms with Crippen LogP contribution in [0, 0.1) is 10.1 Å². The van der Waals surface area contributed by atoms with Gasteiger partial charge in [-0.2, -0.15) is 18.3 Å². The van der Waals surface area contributed by atoms with Gasteiger partial charge >= 0.3 is 11.9 Å². The summed E-state index contributed by atoms with van der Waals surface area (Å²) in [4.78, 5) is 9.92. The Kier molecular flexibility index (Phi) is 4.49. The van der Waals surface area contributed by atoms with Crippen LogP contribution in [-0.2, 0) is 6.18 Å². The number of anilines is 1. The summed E-state index contributed by atoms with van der Waals surface area (Å²) < 4.78 is 37.7. The van der Waals surface area contributed by atoms with Crippen LogP contribution < -0.4 is 5.43 Å². The minimum atomic E-state index is -4.47. The lowest BCUT2D eigenvalue weighted by atomic mass is 10.2. The summed E-state index contributed by atoms with van der Waals surface area (Å²) >= 11 is 0. The molecule has 2 aromatic carbocycles. The molecule has 0 amide bonds. The summed E-state index contributed by atoms with van der Waals surface area (Å²) in [7, 11) is 0. The molecule has 0 aliphatic heterocycles. The Morgan fingerprint density at radius 3 is 2.57 bits per heavy atom. The molecule has 0 aliphatic carbocycles. The third kappa shape index (κ3) is 3.96. The standard InChI is InChI=1S/C14H10F3N3O3/c15-14(16,17)10-4-2-5-11(7-10)19-18-8-9-3-1-6-12(13(9)21)20(22)23/h1-8,19,21H/b18-8+. The molecular formula is C14H10F3N3O3. The zero-order chi connectivity index (χ0) is 17.0. The first-order valence-corrected chi connectivity index (χ1v) is 6.22. The highest BCUT2D eigenvalue weighted by Gasteiger charge is 2.30. The smallest absolute Gasteiger partial charge is 0.416 e. The average molecular weight is 325 g/mol. The predicted molar refractivity (Wildman–Crippen MR) is 77.4 cm³/mol. The van der Waals surface area contributed by atoms with Crippen LogP contribution in [0.5, 0.6) is 5.75 Å². The number of nitrogens with zero attached hydrogens (tertiary/aromatic N) is 2. The van der Waals surface area contributed by atoms with Crippen molar-refractivity contribution in [2.75, 3.05) is 5.43 Å². The van der Waals surface area contributed by atoms with Crippen LogP contribution in [0.1, 0.15) is 11.1 Å². The lowest BCUT2D eigenvalue weighted by molar-refractivity contribution is -0.385. The molecule has 23 heavy (non-hydrogen) atoms. The number of hydrazone groups is 1. The molecular weight excluding hydrogens is 315 g/mol. The number of alkyl halides is 3. The Hall–Kier alpha value is -3.10. The van der Waals surface area contributed by atoms with Crippen LogP contribution in [0.25, 0.3) is 0 Å². The van der Waals surface area contributed by atoms with E-state index in [1.165, 1.54) is 24.3 Å². The minimum absolute atomic E-state index is 0.0543. The van der Waals surface area contributed by atoms with Gasteiger partial charge in [0.25, 0.3) is 0 Å². The molecule has 0 unspecified atom stereocenters. The number of para-hydroxylation sites is 1. The van der Waals surface area contributed by atoms with Gasteiger partial charge in [0.05, 0.1) is 22.4 Å². The van der Waals surface area contributed by atoms with E-state index in [0.717, 1.165) is 24.4 Å². The minimum Gasteiger partial charge on any atom is -0.502 e. The normalized spacial score (nSPS) is 11.6. The third-order valence-corrected chi connectivity index (χ3v) is 2.83. The lowest BCUT2D eigenvalue weighted by Gasteiger charge is -2.08. The molecule has 6 nitrogen and oxygen atoms in total. The molecule has 0 atom stereocenters. The summed E-state index contributed by atoms with van der Waals surface area (Å²) in [5.41, 5.74) is 1.18. The molecule has 120 valence electrons. The number of benzene rings is 2. The number of hydrogen-bond donors (Lipinski definition) is 2. The highest BCUT2D eigenvalue weighted by atomic mass is 19.4. The molecule has 2 N–H and O–H groups in total. The first-order chi connectivity index (χ1) is 10.8. The number of hydrogen-bond acceptors (Lipinski definition) is 5. The van der Waals surface area contributed by atoms with Gasteiger partial charge < -0.3 is 5.11 Å². The monoisotopic (exact) mass is 325 g/mol. The van der Waals surface area contributed by atoms with E-state index in [9.17, 15) is 28.4 Å². The topological polar surface area (TPSA) is 87.8 Å². The van der Waals surface area contributed by atoms with Gasteiger partial charge in [0.15, 0.2) is 0 Å². The Labute approximate surface area is 128 Å². The van der Waals surface area contributed by atoms with E-state index in [1.54, 1.807) is 0 Å². The van der Waals surface area contributed by atoms with Crippen molar-refractivity contribution in [1.82, 2.24) is 0 Å². The summed E-state index contributed by atoms with van der Waals surface area (Å²) in [5, 5.41) is 24.0. The second-order valence-electron chi connectivity index (χ2n) is 4.42. The van der Waals surface area contributed by atoms with Gasteiger partial charge in [0.2, 0.25) is 5.75 Å². The Bertz CT molecular complexity index is 760. The maximum absolute atomic E-state index is 12.6. The van der Waals surface area contributed by atoms with Crippen molar-refractivity contribution < 1.29 is 23.2 Å². The fraction of sp³-hybridized carbons (Fsp3) is 0.0714. The summed E-state index contributed by atoms with van der Waals surface area (Å²) in [6.07, 6.45) is -3.40. The van der Waals surface area contributed by atoms with Crippen molar-refractivity contribution in [3.8, 4) is 5.75 Å². The second kappa shape index (κ2) is 6.34. The maximum atomic E-state index is 12.6. The van der Waals surface area contributed by atoms with Crippen LogP contribution in [-0.4, -0.2) is 16.2 Å². The number of rotatable bonds is 4. The van der Waals surface area contributed by atoms with Crippen LogP contribution in [0.15, 0.2) is 47.6 Å². The van der Waals surface area contributed by atoms with E-state index in [2.05, 4.69) is 10.5 Å². The van der Waals surface area contributed by atoms with Crippen molar-refractivity contribution in [2.24, 2.45) is 5.10 Å². The number of halogens is 3. The van der Waals surface area contributed by atoms with E-state index in [1.807, 2.05) is 0 Å². The molecule has 0 aliphatic rings. The van der Waals surface area contributed by atoms with Gasteiger partial charge in [0.1, 0.15) is 0 Å². The Morgan fingerprint density at radius 2 is 1.91 bits per heavy atom. The Balaban J connectivity index is 2.17. The number of phenolic OH excluding ortho intramolecular Hbond substituents is 1. The SMILES string of the molecule is O=[N+]([O-])c1cccc(/C=N/Nc2cccc(C(F)(F)F)c2)c1O. The van der Waals surface area contributed by atoms with Gasteiger partial charge in [-0.15, -0.1) is 0 Å². The summed E-state index contributed by atoms with van der Waals surface area (Å²) in [5.74, 6) is -0.577. The fourth-order valence-electron chi connectivity index (χ4n) is 1.74. The van der Waals surface area contributed by atoms with E-state index in [-0.39, 0.29) is 11.3 Å². The first-order valence-electron chi connectivity index (χ1n) is 6.22. The van der Waals surface area contributed by atoms with Crippen molar-refractivity contribution in [3.05, 3.63) is 63.7 Å². The molecule has 0 aromatic heterocycles. The molecule has 0 bridgehead atoms. The number of nitro groups is 1. The summed E-state index contributed by atoms with van der Waals surface area (Å²) in [6, 6.07) is 8.22. The fourth-order valence-corrected chi connectivity index (χ4v) is 1.74. The zero-order valence-corrected chi connectivity index (χ0v) is 11.4. The van der Waals surface area contributed by atoms with Crippen LogP contribution in [0.3, 0.4) is 0 Å². The molecule has 0 fully saturated rings. The molecule has 2 rings (SSSR count). The van der Waals surface area contributed by atoms with E-state index in [4.69, 9.17) is 0 Å². The molecule has 0 saturated heterocycles. The average Bonchev–Trinajstić information content (AvgIpc) is 2.48. The van der Waals surface area contributed by atoms with Gasteiger partial charge in [0, 0.05) is 11.6 Å². The number of nitrogens with one attached hydrogen (secondary N) is 1. The molecule has 0 heterocycles. The highest BCUT2D eigenvalue weighted by molar-refractivity contribution is 5.86. The van der Waals surface area contributed by atoms with Gasteiger partial charge in [-0.05, 0) is 24.3 Å². The third-order valence-electron chi connectivity index (χ3n) is 2.83. The zero-order valence-electron chi connectivity index (χ0n) is 11.4. The molecule has 2 aromatic rings. The highest BCUT2D eigenvalue weighted by Crippen LogP contribution is 2.31. The van der Waals surface area contributed by atoms with Gasteiger partial charge in [-0.25, -0.2) is 0 Å². The number of phenols is 1. The summed E-state index contributed by atoms with van der Waals surface area (Å²) in [6.45, 7) is 0. The predicted octanol–water partition coefficient (Wildman–Crippen LogP) is 3.77. The van der Waals surface area contributed by atoms with Crippen LogP contribution in [0.2, 0.25) is 0 Å². The second-order valence-corrected chi connectivity index (χ2v) is 4.42. The van der Waals surface area contributed by atoms with E-state index < -0.39 is 28.1 Å². The van der Waals surface area contributed by atoms with Gasteiger partial charge in [-0.1, -0.05) is 12.1 Å². The number of aromatic hydroxyl groups is 1. The molecule has 9 heteroatoms. The maximum Gasteiger partial charge on any atom is 0.416 e. The molecule has 0 radical (unpaired) electrons. The number of nitro benzene ring substituents is 1.